The number of nitrogens with zero attached hydrogens (tertiary/aromatic N) is 2. The predicted molar refractivity (Wildman–Crippen MR) is 92.7 cm³/mol. The fourth-order valence-electron chi connectivity index (χ4n) is 2.64. The lowest BCUT2D eigenvalue weighted by Crippen LogP contribution is -1.91. The topological polar surface area (TPSA) is 35.0 Å². The summed E-state index contributed by atoms with van der Waals surface area (Å²) in [6.07, 6.45) is 2.81. The summed E-state index contributed by atoms with van der Waals surface area (Å²) in [7, 11) is 0. The molecule has 2 heterocycles. The molecule has 3 aromatic rings. The highest BCUT2D eigenvalue weighted by molar-refractivity contribution is 7.98. The van der Waals surface area contributed by atoms with Crippen LogP contribution < -0.4 is 4.74 Å². The number of aromatic nitrogens is 2. The molecule has 0 radical (unpaired) electrons. The van der Waals surface area contributed by atoms with Crippen molar-refractivity contribution in [3.05, 3.63) is 71.9 Å². The van der Waals surface area contributed by atoms with Crippen molar-refractivity contribution in [2.75, 3.05) is 6.61 Å². The summed E-state index contributed by atoms with van der Waals surface area (Å²) in [6, 6.07) is 18.6. The van der Waals surface area contributed by atoms with Gasteiger partial charge < -0.3 is 4.74 Å². The lowest BCUT2D eigenvalue weighted by molar-refractivity contribution is 0.357. The third-order valence-corrected chi connectivity index (χ3v) is 4.76. The van der Waals surface area contributed by atoms with E-state index in [0.717, 1.165) is 40.9 Å². The van der Waals surface area contributed by atoms with Crippen molar-refractivity contribution in [3.63, 3.8) is 0 Å². The summed E-state index contributed by atoms with van der Waals surface area (Å²) in [4.78, 5) is 9.07. The lowest BCUT2D eigenvalue weighted by atomic mass is 10.1. The van der Waals surface area contributed by atoms with E-state index >= 15 is 0 Å². The third kappa shape index (κ3) is 3.22. The minimum absolute atomic E-state index is 0.779. The van der Waals surface area contributed by atoms with E-state index in [1.54, 1.807) is 11.8 Å². The van der Waals surface area contributed by atoms with Gasteiger partial charge >= 0.3 is 0 Å². The Balaban J connectivity index is 1.54. The first-order valence-corrected chi connectivity index (χ1v) is 8.63. The molecule has 1 aliphatic rings. The Morgan fingerprint density at radius 3 is 2.87 bits per heavy atom. The van der Waals surface area contributed by atoms with Crippen LogP contribution in [-0.4, -0.2) is 16.6 Å². The number of rotatable bonds is 4. The van der Waals surface area contributed by atoms with Crippen molar-refractivity contribution in [2.45, 2.75) is 17.3 Å². The van der Waals surface area contributed by atoms with Gasteiger partial charge in [-0.2, -0.15) is 0 Å². The van der Waals surface area contributed by atoms with Gasteiger partial charge in [0.1, 0.15) is 5.75 Å². The molecule has 0 spiro atoms. The molecule has 2 aromatic carbocycles. The van der Waals surface area contributed by atoms with Crippen molar-refractivity contribution >= 4 is 11.8 Å². The highest BCUT2D eigenvalue weighted by Crippen LogP contribution is 2.30. The molecule has 1 aromatic heterocycles. The molecule has 0 amide bonds. The molecule has 0 bridgehead atoms. The number of benzene rings is 2. The number of hydrogen-bond acceptors (Lipinski definition) is 4. The largest absolute Gasteiger partial charge is 0.493 e. The molecule has 0 aliphatic carbocycles. The SMILES string of the molecule is c1ccc(CSc2nccc(-c3ccc4c(c3)CCO4)n2)cc1. The molecule has 0 saturated heterocycles. The Kier molecular flexibility index (Phi) is 3.99. The molecule has 0 atom stereocenters. The van der Waals surface area contributed by atoms with Crippen LogP contribution in [0, 0.1) is 0 Å². The van der Waals surface area contributed by atoms with Crippen LogP contribution in [0.2, 0.25) is 0 Å². The molecule has 4 rings (SSSR count). The maximum absolute atomic E-state index is 5.56. The smallest absolute Gasteiger partial charge is 0.188 e. The first-order valence-electron chi connectivity index (χ1n) is 7.64. The molecule has 0 unspecified atom stereocenters. The Hall–Kier alpha value is -2.33. The van der Waals surface area contributed by atoms with E-state index in [0.29, 0.717) is 0 Å². The minimum atomic E-state index is 0.779. The summed E-state index contributed by atoms with van der Waals surface area (Å²) in [6.45, 7) is 0.779. The monoisotopic (exact) mass is 320 g/mol. The van der Waals surface area contributed by atoms with Gasteiger partial charge in [0.15, 0.2) is 5.16 Å². The van der Waals surface area contributed by atoms with E-state index in [1.165, 1.54) is 11.1 Å². The van der Waals surface area contributed by atoms with Crippen molar-refractivity contribution < 1.29 is 4.74 Å². The second-order valence-corrected chi connectivity index (χ2v) is 6.36. The quantitative estimate of drug-likeness (QED) is 0.528. The summed E-state index contributed by atoms with van der Waals surface area (Å²) >= 11 is 1.66. The highest BCUT2D eigenvalue weighted by atomic mass is 32.2. The van der Waals surface area contributed by atoms with Gasteiger partial charge in [-0.3, -0.25) is 0 Å². The zero-order valence-electron chi connectivity index (χ0n) is 12.6. The molecule has 3 nitrogen and oxygen atoms in total. The second kappa shape index (κ2) is 6.42. The molecule has 4 heteroatoms. The number of thioether (sulfide) groups is 1. The normalized spacial score (nSPS) is 12.7. The maximum atomic E-state index is 5.56. The number of fused-ring (bicyclic) bond motifs is 1. The van der Waals surface area contributed by atoms with Crippen molar-refractivity contribution in [2.24, 2.45) is 0 Å². The van der Waals surface area contributed by atoms with Gasteiger partial charge in [-0.25, -0.2) is 9.97 Å². The summed E-state index contributed by atoms with van der Waals surface area (Å²) in [5.41, 5.74) is 4.63. The van der Waals surface area contributed by atoms with Gasteiger partial charge in [0, 0.05) is 23.9 Å². The first-order chi connectivity index (χ1) is 11.4. The standard InChI is InChI=1S/C19H16N2OS/c1-2-4-14(5-3-1)13-23-19-20-10-8-17(21-19)15-6-7-18-16(12-15)9-11-22-18/h1-8,10,12H,9,11,13H2. The van der Waals surface area contributed by atoms with Crippen LogP contribution in [0.3, 0.4) is 0 Å². The van der Waals surface area contributed by atoms with E-state index < -0.39 is 0 Å². The highest BCUT2D eigenvalue weighted by Gasteiger charge is 2.13. The fourth-order valence-corrected chi connectivity index (χ4v) is 3.43. The van der Waals surface area contributed by atoms with Crippen LogP contribution in [-0.2, 0) is 12.2 Å². The van der Waals surface area contributed by atoms with E-state index in [2.05, 4.69) is 41.4 Å². The molecule has 114 valence electrons. The summed E-state index contributed by atoms with van der Waals surface area (Å²) < 4.78 is 5.56. The van der Waals surface area contributed by atoms with E-state index in [1.807, 2.05) is 24.4 Å². The van der Waals surface area contributed by atoms with Crippen LogP contribution in [0.5, 0.6) is 5.75 Å². The maximum Gasteiger partial charge on any atom is 0.188 e. The average Bonchev–Trinajstić information content (AvgIpc) is 3.09. The van der Waals surface area contributed by atoms with Crippen LogP contribution in [0.1, 0.15) is 11.1 Å². The summed E-state index contributed by atoms with van der Waals surface area (Å²) in [5, 5.41) is 0.808. The molecule has 1 aliphatic heterocycles. The molecular formula is C19H16N2OS. The average molecular weight is 320 g/mol. The number of ether oxygens (including phenoxy) is 1. The van der Waals surface area contributed by atoms with Crippen LogP contribution in [0.25, 0.3) is 11.3 Å². The minimum Gasteiger partial charge on any atom is -0.493 e. The Morgan fingerprint density at radius 2 is 1.96 bits per heavy atom. The Morgan fingerprint density at radius 1 is 1.04 bits per heavy atom. The summed E-state index contributed by atoms with van der Waals surface area (Å²) in [5.74, 6) is 1.88. The van der Waals surface area contributed by atoms with Crippen molar-refractivity contribution in [1.82, 2.24) is 9.97 Å². The zero-order chi connectivity index (χ0) is 15.5. The Bertz CT molecular complexity index is 821. The van der Waals surface area contributed by atoms with Crippen LogP contribution in [0.4, 0.5) is 0 Å². The Labute approximate surface area is 139 Å². The number of hydrogen-bond donors (Lipinski definition) is 0. The van der Waals surface area contributed by atoms with Gasteiger partial charge in [-0.1, -0.05) is 42.1 Å². The van der Waals surface area contributed by atoms with Gasteiger partial charge in [-0.15, -0.1) is 0 Å². The zero-order valence-corrected chi connectivity index (χ0v) is 13.4. The third-order valence-electron chi connectivity index (χ3n) is 3.83. The molecule has 0 N–H and O–H groups in total. The van der Waals surface area contributed by atoms with E-state index in [-0.39, 0.29) is 0 Å². The van der Waals surface area contributed by atoms with Crippen LogP contribution >= 0.6 is 11.8 Å². The second-order valence-electron chi connectivity index (χ2n) is 5.42. The fraction of sp³-hybridized carbons (Fsp3) is 0.158. The first kappa shape index (κ1) is 14.3. The molecule has 23 heavy (non-hydrogen) atoms. The van der Waals surface area contributed by atoms with Crippen LogP contribution in [0.15, 0.2) is 66.0 Å². The molecule has 0 fully saturated rings. The van der Waals surface area contributed by atoms with Gasteiger partial charge in [0.05, 0.1) is 12.3 Å². The van der Waals surface area contributed by atoms with Crippen molar-refractivity contribution in [3.8, 4) is 17.0 Å². The van der Waals surface area contributed by atoms with Gasteiger partial charge in [-0.05, 0) is 35.4 Å². The lowest BCUT2D eigenvalue weighted by Gasteiger charge is -2.06. The van der Waals surface area contributed by atoms with Gasteiger partial charge in [0.25, 0.3) is 0 Å². The predicted octanol–water partition coefficient (Wildman–Crippen LogP) is 4.37. The molecular weight excluding hydrogens is 304 g/mol. The van der Waals surface area contributed by atoms with E-state index in [4.69, 9.17) is 9.72 Å². The van der Waals surface area contributed by atoms with Gasteiger partial charge in [0.2, 0.25) is 0 Å². The van der Waals surface area contributed by atoms with E-state index in [9.17, 15) is 0 Å². The molecule has 0 saturated carbocycles. The van der Waals surface area contributed by atoms with Crippen molar-refractivity contribution in [1.29, 1.82) is 0 Å².